The standard InChI is InChI=1S/C10H17N3OS/c1-7(8-3-4-8)11-10-12-9(13-15-10)5-6-14-2/h7-8H,3-6H2,1-2H3,(H,11,12,13). The van der Waals surface area contributed by atoms with Crippen molar-refractivity contribution in [2.45, 2.75) is 32.2 Å². The van der Waals surface area contributed by atoms with Crippen LogP contribution in [-0.2, 0) is 11.2 Å². The zero-order valence-corrected chi connectivity index (χ0v) is 10.0. The van der Waals surface area contributed by atoms with Crippen molar-refractivity contribution in [2.75, 3.05) is 19.0 Å². The van der Waals surface area contributed by atoms with Crippen LogP contribution in [0.2, 0.25) is 0 Å². The van der Waals surface area contributed by atoms with Crippen LogP contribution in [0.4, 0.5) is 5.13 Å². The molecule has 0 aliphatic heterocycles. The number of methoxy groups -OCH3 is 1. The lowest BCUT2D eigenvalue weighted by molar-refractivity contribution is 0.201. The van der Waals surface area contributed by atoms with E-state index in [4.69, 9.17) is 4.74 Å². The van der Waals surface area contributed by atoms with Gasteiger partial charge in [0, 0.05) is 31.1 Å². The average molecular weight is 227 g/mol. The zero-order valence-electron chi connectivity index (χ0n) is 9.19. The number of rotatable bonds is 6. The van der Waals surface area contributed by atoms with Crippen LogP contribution < -0.4 is 5.32 Å². The Morgan fingerprint density at radius 1 is 1.60 bits per heavy atom. The molecule has 4 nitrogen and oxygen atoms in total. The lowest BCUT2D eigenvalue weighted by atomic mass is 10.2. The van der Waals surface area contributed by atoms with Crippen LogP contribution in [0.5, 0.6) is 0 Å². The summed E-state index contributed by atoms with van der Waals surface area (Å²) in [6.07, 6.45) is 3.50. The fraction of sp³-hybridized carbons (Fsp3) is 0.800. The van der Waals surface area contributed by atoms with Crippen LogP contribution in [0.15, 0.2) is 0 Å². The van der Waals surface area contributed by atoms with E-state index in [2.05, 4.69) is 21.6 Å². The molecule has 1 saturated carbocycles. The summed E-state index contributed by atoms with van der Waals surface area (Å²) < 4.78 is 9.26. The van der Waals surface area contributed by atoms with Gasteiger partial charge in [0.2, 0.25) is 5.13 Å². The van der Waals surface area contributed by atoms with Crippen molar-refractivity contribution in [3.8, 4) is 0 Å². The van der Waals surface area contributed by atoms with Gasteiger partial charge < -0.3 is 10.1 Å². The van der Waals surface area contributed by atoms with Crippen LogP contribution in [-0.4, -0.2) is 29.1 Å². The maximum absolute atomic E-state index is 4.99. The number of anilines is 1. The summed E-state index contributed by atoms with van der Waals surface area (Å²) in [5.74, 6) is 1.73. The van der Waals surface area contributed by atoms with Crippen LogP contribution in [0, 0.1) is 5.92 Å². The molecule has 0 aromatic carbocycles. The highest BCUT2D eigenvalue weighted by atomic mass is 32.1. The Kier molecular flexibility index (Phi) is 3.53. The van der Waals surface area contributed by atoms with Gasteiger partial charge in [-0.2, -0.15) is 4.37 Å². The van der Waals surface area contributed by atoms with Crippen molar-refractivity contribution in [2.24, 2.45) is 5.92 Å². The quantitative estimate of drug-likeness (QED) is 0.806. The van der Waals surface area contributed by atoms with Crippen LogP contribution >= 0.6 is 11.5 Å². The molecule has 0 amide bonds. The van der Waals surface area contributed by atoms with Crippen molar-refractivity contribution in [3.63, 3.8) is 0 Å². The number of nitrogens with zero attached hydrogens (tertiary/aromatic N) is 2. The summed E-state index contributed by atoms with van der Waals surface area (Å²) in [6, 6.07) is 0.535. The van der Waals surface area contributed by atoms with E-state index >= 15 is 0 Å². The minimum absolute atomic E-state index is 0.535. The topological polar surface area (TPSA) is 47.0 Å². The van der Waals surface area contributed by atoms with E-state index in [0.29, 0.717) is 12.6 Å². The summed E-state index contributed by atoms with van der Waals surface area (Å²) in [6.45, 7) is 2.91. The van der Waals surface area contributed by atoms with E-state index in [-0.39, 0.29) is 0 Å². The molecule has 15 heavy (non-hydrogen) atoms. The summed E-state index contributed by atoms with van der Waals surface area (Å²) in [7, 11) is 1.70. The van der Waals surface area contributed by atoms with Crippen molar-refractivity contribution in [3.05, 3.63) is 5.82 Å². The summed E-state index contributed by atoms with van der Waals surface area (Å²) in [5.41, 5.74) is 0. The number of hydrogen-bond donors (Lipinski definition) is 1. The maximum atomic E-state index is 4.99. The fourth-order valence-corrected chi connectivity index (χ4v) is 2.23. The van der Waals surface area contributed by atoms with E-state index in [1.54, 1.807) is 7.11 Å². The van der Waals surface area contributed by atoms with E-state index in [1.165, 1.54) is 24.4 Å². The molecule has 0 spiro atoms. The van der Waals surface area contributed by atoms with Crippen molar-refractivity contribution in [1.82, 2.24) is 9.36 Å². The first kappa shape index (κ1) is 10.8. The second-order valence-electron chi connectivity index (χ2n) is 4.03. The van der Waals surface area contributed by atoms with Gasteiger partial charge in [-0.3, -0.25) is 0 Å². The molecule has 0 bridgehead atoms. The molecule has 1 aromatic rings. The normalized spacial score (nSPS) is 17.7. The predicted octanol–water partition coefficient (Wildman–Crippen LogP) is 1.94. The molecular weight excluding hydrogens is 210 g/mol. The third-order valence-corrected chi connectivity index (χ3v) is 3.36. The molecular formula is C10H17N3OS. The number of nitrogens with one attached hydrogen (secondary N) is 1. The molecule has 1 aliphatic carbocycles. The number of aromatic nitrogens is 2. The van der Waals surface area contributed by atoms with Crippen LogP contribution in [0.25, 0.3) is 0 Å². The molecule has 1 heterocycles. The third kappa shape index (κ3) is 3.14. The van der Waals surface area contributed by atoms with Crippen molar-refractivity contribution >= 4 is 16.7 Å². The van der Waals surface area contributed by atoms with Crippen LogP contribution in [0.3, 0.4) is 0 Å². The van der Waals surface area contributed by atoms with Gasteiger partial charge in [0.25, 0.3) is 0 Å². The Hall–Kier alpha value is -0.680. The first-order valence-electron chi connectivity index (χ1n) is 5.37. The van der Waals surface area contributed by atoms with Gasteiger partial charge in [-0.15, -0.1) is 0 Å². The van der Waals surface area contributed by atoms with Gasteiger partial charge in [0.15, 0.2) is 0 Å². The molecule has 84 valence electrons. The van der Waals surface area contributed by atoms with E-state index in [0.717, 1.165) is 23.3 Å². The summed E-state index contributed by atoms with van der Waals surface area (Å²) in [4.78, 5) is 4.41. The highest BCUT2D eigenvalue weighted by Gasteiger charge is 2.28. The van der Waals surface area contributed by atoms with Gasteiger partial charge in [-0.1, -0.05) is 0 Å². The Morgan fingerprint density at radius 2 is 2.40 bits per heavy atom. The molecule has 1 aromatic heterocycles. The largest absolute Gasteiger partial charge is 0.384 e. The number of ether oxygens (including phenoxy) is 1. The third-order valence-electron chi connectivity index (χ3n) is 2.68. The molecule has 1 atom stereocenters. The molecule has 1 unspecified atom stereocenters. The predicted molar refractivity (Wildman–Crippen MR) is 61.3 cm³/mol. The summed E-state index contributed by atoms with van der Waals surface area (Å²) >= 11 is 1.45. The maximum Gasteiger partial charge on any atom is 0.202 e. The fourth-order valence-electron chi connectivity index (χ4n) is 1.52. The lowest BCUT2D eigenvalue weighted by Gasteiger charge is -2.09. The minimum Gasteiger partial charge on any atom is -0.384 e. The smallest absolute Gasteiger partial charge is 0.202 e. The van der Waals surface area contributed by atoms with E-state index in [9.17, 15) is 0 Å². The molecule has 1 N–H and O–H groups in total. The lowest BCUT2D eigenvalue weighted by Crippen LogP contribution is -2.17. The molecule has 5 heteroatoms. The second-order valence-corrected chi connectivity index (χ2v) is 4.78. The Balaban J connectivity index is 1.83. The molecule has 1 fully saturated rings. The van der Waals surface area contributed by atoms with Gasteiger partial charge in [0.1, 0.15) is 5.82 Å². The molecule has 0 radical (unpaired) electrons. The Morgan fingerprint density at radius 3 is 3.07 bits per heavy atom. The van der Waals surface area contributed by atoms with E-state index < -0.39 is 0 Å². The average Bonchev–Trinajstić information content (AvgIpc) is 2.99. The van der Waals surface area contributed by atoms with Gasteiger partial charge in [-0.05, 0) is 25.7 Å². The second kappa shape index (κ2) is 4.90. The van der Waals surface area contributed by atoms with Gasteiger partial charge in [-0.25, -0.2) is 4.98 Å². The first-order valence-corrected chi connectivity index (χ1v) is 6.15. The SMILES string of the molecule is COCCc1nsc(NC(C)C2CC2)n1. The Bertz CT molecular complexity index is 311. The summed E-state index contributed by atoms with van der Waals surface area (Å²) in [5, 5.41) is 4.35. The first-order chi connectivity index (χ1) is 7.29. The van der Waals surface area contributed by atoms with Gasteiger partial charge >= 0.3 is 0 Å². The van der Waals surface area contributed by atoms with Crippen molar-refractivity contribution in [1.29, 1.82) is 0 Å². The molecule has 0 saturated heterocycles. The molecule has 2 rings (SSSR count). The van der Waals surface area contributed by atoms with E-state index in [1.807, 2.05) is 0 Å². The zero-order chi connectivity index (χ0) is 10.7. The monoisotopic (exact) mass is 227 g/mol. The minimum atomic E-state index is 0.535. The van der Waals surface area contributed by atoms with Gasteiger partial charge in [0.05, 0.1) is 6.61 Å². The molecule has 1 aliphatic rings. The number of hydrogen-bond acceptors (Lipinski definition) is 5. The Labute approximate surface area is 94.2 Å². The van der Waals surface area contributed by atoms with Crippen LogP contribution in [0.1, 0.15) is 25.6 Å². The van der Waals surface area contributed by atoms with Crippen molar-refractivity contribution < 1.29 is 4.74 Å². The highest BCUT2D eigenvalue weighted by Crippen LogP contribution is 2.34. The highest BCUT2D eigenvalue weighted by molar-refractivity contribution is 7.09.